The van der Waals surface area contributed by atoms with Gasteiger partial charge in [-0.15, -0.1) is 0 Å². The standard InChI is InChI=1S/C22H15F3N2O3/c23-22(24,25)15-6-3-7-16(12-15)27(13-17-8-4-10-30-17)21(29)18-11-14-5-1-2-9-19(14)26-20(18)28/h1-12H,13H2,(H,26,28). The van der Waals surface area contributed by atoms with Gasteiger partial charge in [-0.25, -0.2) is 0 Å². The Labute approximate surface area is 168 Å². The molecule has 0 fully saturated rings. The van der Waals surface area contributed by atoms with Crippen LogP contribution >= 0.6 is 0 Å². The number of hydrogen-bond donors (Lipinski definition) is 1. The molecule has 8 heteroatoms. The molecule has 2 heterocycles. The van der Waals surface area contributed by atoms with Crippen molar-refractivity contribution in [3.8, 4) is 0 Å². The number of nitrogens with zero attached hydrogens (tertiary/aromatic N) is 1. The van der Waals surface area contributed by atoms with E-state index in [0.29, 0.717) is 16.7 Å². The fourth-order valence-electron chi connectivity index (χ4n) is 3.14. The maximum absolute atomic E-state index is 13.3. The van der Waals surface area contributed by atoms with Crippen LogP contribution < -0.4 is 10.5 Å². The van der Waals surface area contributed by atoms with E-state index in [1.165, 1.54) is 24.5 Å². The molecular weight excluding hydrogens is 397 g/mol. The molecule has 0 spiro atoms. The van der Waals surface area contributed by atoms with Crippen molar-refractivity contribution in [1.29, 1.82) is 0 Å². The van der Waals surface area contributed by atoms with Crippen molar-refractivity contribution < 1.29 is 22.4 Å². The van der Waals surface area contributed by atoms with Crippen molar-refractivity contribution in [2.75, 3.05) is 4.90 Å². The number of hydrogen-bond acceptors (Lipinski definition) is 3. The first-order valence-electron chi connectivity index (χ1n) is 8.96. The Morgan fingerprint density at radius 2 is 1.80 bits per heavy atom. The minimum absolute atomic E-state index is 0.00113. The fraction of sp³-hybridized carbons (Fsp3) is 0.0909. The number of aromatic nitrogens is 1. The van der Waals surface area contributed by atoms with Gasteiger partial charge in [0.1, 0.15) is 11.3 Å². The highest BCUT2D eigenvalue weighted by Gasteiger charge is 2.32. The van der Waals surface area contributed by atoms with Crippen LogP contribution in [0.2, 0.25) is 0 Å². The zero-order valence-electron chi connectivity index (χ0n) is 15.4. The Morgan fingerprint density at radius 3 is 2.53 bits per heavy atom. The zero-order valence-corrected chi connectivity index (χ0v) is 15.4. The predicted molar refractivity (Wildman–Crippen MR) is 105 cm³/mol. The first-order valence-corrected chi connectivity index (χ1v) is 8.96. The quantitative estimate of drug-likeness (QED) is 0.514. The summed E-state index contributed by atoms with van der Waals surface area (Å²) in [5, 5.41) is 0.627. The van der Waals surface area contributed by atoms with Crippen molar-refractivity contribution in [1.82, 2.24) is 4.98 Å². The van der Waals surface area contributed by atoms with Gasteiger partial charge in [0.2, 0.25) is 0 Å². The van der Waals surface area contributed by atoms with Crippen molar-refractivity contribution >= 4 is 22.5 Å². The number of carbonyl (C=O) groups excluding carboxylic acids is 1. The van der Waals surface area contributed by atoms with E-state index in [0.717, 1.165) is 17.0 Å². The number of aromatic amines is 1. The van der Waals surface area contributed by atoms with E-state index >= 15 is 0 Å². The number of fused-ring (bicyclic) bond motifs is 1. The van der Waals surface area contributed by atoms with Gasteiger partial charge in [-0.05, 0) is 47.9 Å². The number of halogens is 3. The number of para-hydroxylation sites is 1. The van der Waals surface area contributed by atoms with Crippen molar-refractivity contribution in [2.45, 2.75) is 12.7 Å². The molecule has 0 unspecified atom stereocenters. The summed E-state index contributed by atoms with van der Waals surface area (Å²) in [4.78, 5) is 29.5. The summed E-state index contributed by atoms with van der Waals surface area (Å²) in [5.74, 6) is -0.379. The summed E-state index contributed by atoms with van der Waals surface area (Å²) in [5.41, 5.74) is -1.16. The number of anilines is 1. The molecular formula is C22H15F3N2O3. The van der Waals surface area contributed by atoms with Crippen LogP contribution in [0.4, 0.5) is 18.9 Å². The molecule has 0 aliphatic heterocycles. The lowest BCUT2D eigenvalue weighted by Crippen LogP contribution is -2.34. The van der Waals surface area contributed by atoms with Crippen LogP contribution in [0.5, 0.6) is 0 Å². The molecule has 0 atom stereocenters. The summed E-state index contributed by atoms with van der Waals surface area (Å²) in [6.07, 6.45) is -3.18. The summed E-state index contributed by atoms with van der Waals surface area (Å²) in [7, 11) is 0. The van der Waals surface area contributed by atoms with Crippen LogP contribution in [0.25, 0.3) is 10.9 Å². The number of H-pyrrole nitrogens is 1. The third kappa shape index (κ3) is 3.84. The second-order valence-corrected chi connectivity index (χ2v) is 6.62. The molecule has 152 valence electrons. The molecule has 2 aromatic heterocycles. The average Bonchev–Trinajstić information content (AvgIpc) is 3.24. The number of benzene rings is 2. The predicted octanol–water partition coefficient (Wildman–Crippen LogP) is 4.99. The number of amides is 1. The Hall–Kier alpha value is -3.81. The number of rotatable bonds is 4. The summed E-state index contributed by atoms with van der Waals surface area (Å²) in [6.45, 7) is -0.139. The van der Waals surface area contributed by atoms with Gasteiger partial charge < -0.3 is 14.3 Å². The van der Waals surface area contributed by atoms with Crippen LogP contribution in [0.3, 0.4) is 0 Å². The van der Waals surface area contributed by atoms with E-state index in [1.54, 1.807) is 36.4 Å². The summed E-state index contributed by atoms with van der Waals surface area (Å²) < 4.78 is 44.9. The van der Waals surface area contributed by atoms with Crippen molar-refractivity contribution in [3.05, 3.63) is 100 Å². The Bertz CT molecular complexity index is 1260. The van der Waals surface area contributed by atoms with Crippen LogP contribution in [0.15, 0.2) is 82.2 Å². The molecule has 30 heavy (non-hydrogen) atoms. The molecule has 0 saturated carbocycles. The third-order valence-electron chi connectivity index (χ3n) is 4.61. The number of alkyl halides is 3. The molecule has 0 saturated heterocycles. The number of nitrogens with one attached hydrogen (secondary N) is 1. The minimum Gasteiger partial charge on any atom is -0.467 e. The molecule has 1 amide bonds. The molecule has 4 rings (SSSR count). The van der Waals surface area contributed by atoms with E-state index < -0.39 is 23.2 Å². The lowest BCUT2D eigenvalue weighted by molar-refractivity contribution is -0.137. The zero-order chi connectivity index (χ0) is 21.3. The van der Waals surface area contributed by atoms with Gasteiger partial charge in [-0.1, -0.05) is 24.3 Å². The Balaban J connectivity index is 1.81. The van der Waals surface area contributed by atoms with E-state index in [9.17, 15) is 22.8 Å². The minimum atomic E-state index is -4.57. The topological polar surface area (TPSA) is 66.3 Å². The highest BCUT2D eigenvalue weighted by molar-refractivity contribution is 6.07. The van der Waals surface area contributed by atoms with Gasteiger partial charge in [-0.3, -0.25) is 9.59 Å². The SMILES string of the molecule is O=C(c1cc2ccccc2[nH]c1=O)N(Cc1ccco1)c1cccc(C(F)(F)F)c1. The normalized spacial score (nSPS) is 11.6. The number of furan rings is 1. The van der Waals surface area contributed by atoms with Crippen molar-refractivity contribution in [2.24, 2.45) is 0 Å². The number of pyridine rings is 1. The van der Waals surface area contributed by atoms with Gasteiger partial charge in [-0.2, -0.15) is 13.2 Å². The second kappa shape index (κ2) is 7.55. The second-order valence-electron chi connectivity index (χ2n) is 6.62. The highest BCUT2D eigenvalue weighted by Crippen LogP contribution is 2.32. The summed E-state index contributed by atoms with van der Waals surface area (Å²) in [6, 6.07) is 15.9. The van der Waals surface area contributed by atoms with Gasteiger partial charge in [0, 0.05) is 11.2 Å². The lowest BCUT2D eigenvalue weighted by atomic mass is 10.1. The maximum atomic E-state index is 13.3. The Kier molecular flexibility index (Phi) is 4.91. The fourth-order valence-corrected chi connectivity index (χ4v) is 3.14. The van der Waals surface area contributed by atoms with Gasteiger partial charge in [0.05, 0.1) is 18.4 Å². The molecule has 5 nitrogen and oxygen atoms in total. The summed E-state index contributed by atoms with van der Waals surface area (Å²) >= 11 is 0. The number of carbonyl (C=O) groups is 1. The van der Waals surface area contributed by atoms with E-state index in [1.807, 2.05) is 0 Å². The van der Waals surface area contributed by atoms with Crippen LogP contribution in [-0.2, 0) is 12.7 Å². The van der Waals surface area contributed by atoms with E-state index in [-0.39, 0.29) is 17.8 Å². The third-order valence-corrected chi connectivity index (χ3v) is 4.61. The van der Waals surface area contributed by atoms with Gasteiger partial charge in [0.15, 0.2) is 0 Å². The monoisotopic (exact) mass is 412 g/mol. The van der Waals surface area contributed by atoms with Crippen LogP contribution in [-0.4, -0.2) is 10.9 Å². The molecule has 0 aliphatic carbocycles. The van der Waals surface area contributed by atoms with Gasteiger partial charge in [0.25, 0.3) is 11.5 Å². The molecule has 2 aromatic carbocycles. The average molecular weight is 412 g/mol. The van der Waals surface area contributed by atoms with E-state index in [4.69, 9.17) is 4.42 Å². The highest BCUT2D eigenvalue weighted by atomic mass is 19.4. The van der Waals surface area contributed by atoms with Gasteiger partial charge >= 0.3 is 6.18 Å². The first kappa shape index (κ1) is 19.5. The van der Waals surface area contributed by atoms with Crippen molar-refractivity contribution in [3.63, 3.8) is 0 Å². The van der Waals surface area contributed by atoms with E-state index in [2.05, 4.69) is 4.98 Å². The first-order chi connectivity index (χ1) is 14.3. The molecule has 1 N–H and O–H groups in total. The smallest absolute Gasteiger partial charge is 0.416 e. The molecule has 0 aliphatic rings. The molecule has 0 bridgehead atoms. The lowest BCUT2D eigenvalue weighted by Gasteiger charge is -2.23. The van der Waals surface area contributed by atoms with Crippen LogP contribution in [0, 0.1) is 0 Å². The van der Waals surface area contributed by atoms with Crippen LogP contribution in [0.1, 0.15) is 21.7 Å². The Morgan fingerprint density at radius 1 is 1.00 bits per heavy atom. The molecule has 4 aromatic rings. The molecule has 0 radical (unpaired) electrons. The largest absolute Gasteiger partial charge is 0.467 e. The maximum Gasteiger partial charge on any atom is 0.416 e.